The van der Waals surface area contributed by atoms with Gasteiger partial charge in [0.05, 0.1) is 24.7 Å². The standard InChI is InChI=1S/C30H33Cl4N4O2/c1-16(13-19-14-22-23(33)5-4-6-26(22)38(3,35)30(19)40)29(39)27-17(2)28(18-7-9-20(31)10-8-18)37(36-27)25-12-11-21(32)15-24(25)34/h4,6-11,15-16,19,22-23,25-26H,5,12-14,35H2,1-3H3/q+1. The average Bonchev–Trinajstić information content (AvgIpc) is 3.24. The number of halogens is 4. The predicted molar refractivity (Wildman–Crippen MR) is 161 cm³/mol. The van der Waals surface area contributed by atoms with Crippen molar-refractivity contribution in [2.45, 2.75) is 57.0 Å². The fraction of sp³-hybridized carbons (Fsp3) is 0.433. The third-order valence-corrected chi connectivity index (χ3v) is 9.99. The minimum atomic E-state index is -0.453. The van der Waals surface area contributed by atoms with Gasteiger partial charge in [-0.3, -0.25) is 9.48 Å². The van der Waals surface area contributed by atoms with Crippen LogP contribution in [0.4, 0.5) is 0 Å². The number of nitrogens with zero attached hydrogens (tertiary/aromatic N) is 3. The summed E-state index contributed by atoms with van der Waals surface area (Å²) in [7, 11) is 1.74. The van der Waals surface area contributed by atoms with E-state index in [-0.39, 0.29) is 45.6 Å². The first kappa shape index (κ1) is 29.6. The van der Waals surface area contributed by atoms with E-state index in [2.05, 4.69) is 0 Å². The highest BCUT2D eigenvalue weighted by Gasteiger charge is 2.53. The highest BCUT2D eigenvalue weighted by Crippen LogP contribution is 2.42. The molecule has 7 atom stereocenters. The molecule has 1 amide bonds. The molecule has 2 aliphatic carbocycles. The number of aromatic nitrogens is 2. The van der Waals surface area contributed by atoms with Crippen LogP contribution in [-0.4, -0.2) is 44.5 Å². The van der Waals surface area contributed by atoms with E-state index in [0.717, 1.165) is 23.2 Å². The smallest absolute Gasteiger partial charge is 0.292 e. The van der Waals surface area contributed by atoms with E-state index in [4.69, 9.17) is 57.3 Å². The number of rotatable bonds is 6. The molecule has 0 radical (unpaired) electrons. The number of allylic oxidation sites excluding steroid dienone is 5. The molecule has 40 heavy (non-hydrogen) atoms. The number of likely N-dealkylation sites (tertiary alicyclic amines) is 1. The second-order valence-electron chi connectivity index (χ2n) is 11.4. The third-order valence-electron chi connectivity index (χ3n) is 8.61. The van der Waals surface area contributed by atoms with Crippen LogP contribution < -0.4 is 5.84 Å². The van der Waals surface area contributed by atoms with Gasteiger partial charge in [-0.2, -0.15) is 15.5 Å². The first-order valence-electron chi connectivity index (χ1n) is 13.5. The molecule has 6 nitrogen and oxygen atoms in total. The van der Waals surface area contributed by atoms with Gasteiger partial charge >= 0.3 is 5.91 Å². The van der Waals surface area contributed by atoms with Crippen molar-refractivity contribution < 1.29 is 14.2 Å². The maximum absolute atomic E-state index is 14.0. The van der Waals surface area contributed by atoms with Gasteiger partial charge in [0.25, 0.3) is 0 Å². The molecule has 0 bridgehead atoms. The molecule has 0 saturated carbocycles. The Morgan fingerprint density at radius 1 is 1.20 bits per heavy atom. The van der Waals surface area contributed by atoms with E-state index in [1.54, 1.807) is 13.1 Å². The van der Waals surface area contributed by atoms with Crippen molar-refractivity contribution in [3.05, 3.63) is 74.9 Å². The average molecular weight is 623 g/mol. The topological polar surface area (TPSA) is 78.0 Å². The van der Waals surface area contributed by atoms with Crippen LogP contribution >= 0.6 is 46.4 Å². The molecule has 1 saturated heterocycles. The van der Waals surface area contributed by atoms with Crippen LogP contribution in [0.1, 0.15) is 54.7 Å². The molecule has 10 heteroatoms. The van der Waals surface area contributed by atoms with Crippen LogP contribution in [0.3, 0.4) is 0 Å². The number of nitrogens with two attached hydrogens (primary N) is 1. The highest BCUT2D eigenvalue weighted by molar-refractivity contribution is 6.35. The van der Waals surface area contributed by atoms with Gasteiger partial charge < -0.3 is 0 Å². The largest absolute Gasteiger partial charge is 0.335 e. The first-order chi connectivity index (χ1) is 18.9. The number of carbonyl (C=O) groups is 2. The van der Waals surface area contributed by atoms with Gasteiger partial charge in [-0.1, -0.05) is 66.0 Å². The Bertz CT molecular complexity index is 1430. The summed E-state index contributed by atoms with van der Waals surface area (Å²) in [5, 5.41) is 6.47. The van der Waals surface area contributed by atoms with E-state index < -0.39 is 5.92 Å². The van der Waals surface area contributed by atoms with Crippen molar-refractivity contribution in [1.82, 2.24) is 9.78 Å². The number of Topliss-reactive ketones (excluding diaryl/α,β-unsaturated/α-hetero) is 1. The van der Waals surface area contributed by atoms with Crippen molar-refractivity contribution in [2.24, 2.45) is 23.6 Å². The van der Waals surface area contributed by atoms with Crippen LogP contribution in [0.5, 0.6) is 0 Å². The monoisotopic (exact) mass is 621 g/mol. The van der Waals surface area contributed by atoms with Gasteiger partial charge in [-0.15, -0.1) is 11.6 Å². The molecule has 2 aromatic rings. The minimum absolute atomic E-state index is 0.0665. The zero-order valence-corrected chi connectivity index (χ0v) is 25.7. The number of alkyl halides is 1. The molecule has 2 heterocycles. The maximum Gasteiger partial charge on any atom is 0.335 e. The van der Waals surface area contributed by atoms with Crippen LogP contribution in [-0.2, 0) is 4.79 Å². The number of amides is 1. The van der Waals surface area contributed by atoms with E-state index in [9.17, 15) is 9.59 Å². The first-order valence-corrected chi connectivity index (χ1v) is 15.1. The molecular formula is C30H33Cl4N4O2+. The number of benzene rings is 1. The van der Waals surface area contributed by atoms with Gasteiger partial charge in [-0.05, 0) is 56.9 Å². The third kappa shape index (κ3) is 5.35. The minimum Gasteiger partial charge on any atom is -0.292 e. The van der Waals surface area contributed by atoms with E-state index in [0.29, 0.717) is 40.0 Å². The van der Waals surface area contributed by atoms with Gasteiger partial charge in [0.1, 0.15) is 11.7 Å². The van der Waals surface area contributed by atoms with Crippen molar-refractivity contribution in [3.63, 3.8) is 0 Å². The molecular weight excluding hydrogens is 590 g/mol. The lowest BCUT2D eigenvalue weighted by Gasteiger charge is -2.46. The summed E-state index contributed by atoms with van der Waals surface area (Å²) >= 11 is 25.7. The lowest BCUT2D eigenvalue weighted by atomic mass is 9.74. The fourth-order valence-electron chi connectivity index (χ4n) is 6.45. The number of quaternary nitrogens is 1. The number of carbonyl (C=O) groups excluding carboxylic acids is 2. The van der Waals surface area contributed by atoms with Crippen molar-refractivity contribution in [3.8, 4) is 11.3 Å². The summed E-state index contributed by atoms with van der Waals surface area (Å²) in [4.78, 5) is 27.5. The van der Waals surface area contributed by atoms with Gasteiger partial charge in [0.15, 0.2) is 5.78 Å². The quantitative estimate of drug-likeness (QED) is 0.0914. The second kappa shape index (κ2) is 11.4. The van der Waals surface area contributed by atoms with Crippen LogP contribution in [0, 0.1) is 24.7 Å². The molecule has 7 unspecified atom stereocenters. The Hall–Kier alpha value is -1.93. The van der Waals surface area contributed by atoms with Crippen LogP contribution in [0.2, 0.25) is 5.02 Å². The Labute approximate surface area is 254 Å². The normalized spacial score (nSPS) is 30.9. The van der Waals surface area contributed by atoms with Crippen LogP contribution in [0.25, 0.3) is 11.3 Å². The molecule has 1 aliphatic heterocycles. The Balaban J connectivity index is 1.46. The number of hydrogen-bond donors (Lipinski definition) is 1. The Morgan fingerprint density at radius 2 is 1.90 bits per heavy atom. The number of hydrogen-bond acceptors (Lipinski definition) is 4. The molecule has 0 spiro atoms. The number of piperidine rings is 1. The maximum atomic E-state index is 14.0. The Morgan fingerprint density at radius 3 is 2.58 bits per heavy atom. The lowest BCUT2D eigenvalue weighted by molar-refractivity contribution is -0.875. The summed E-state index contributed by atoms with van der Waals surface area (Å²) < 4.78 is 1.57. The van der Waals surface area contributed by atoms with E-state index >= 15 is 0 Å². The van der Waals surface area contributed by atoms with E-state index in [1.165, 1.54) is 0 Å². The molecule has 5 rings (SSSR count). The zero-order chi connectivity index (χ0) is 28.9. The second-order valence-corrected chi connectivity index (χ2v) is 13.3. The summed E-state index contributed by atoms with van der Waals surface area (Å²) in [6, 6.07) is 6.96. The molecule has 2 N–H and O–H groups in total. The molecule has 1 aromatic carbocycles. The van der Waals surface area contributed by atoms with Crippen molar-refractivity contribution >= 4 is 58.1 Å². The lowest BCUT2D eigenvalue weighted by Crippen LogP contribution is -2.69. The van der Waals surface area contributed by atoms with Gasteiger partial charge in [-0.25, -0.2) is 4.79 Å². The number of likely N-dealkylation sites (N-methyl/N-ethyl adjacent to an activating group) is 1. The fourth-order valence-corrected chi connectivity index (χ4v) is 7.49. The SMILES string of the molecule is Cc1c(C(=O)C(C)CC2CC3C(Cl)CC=CC3[N+](C)(N)C2=O)nn(C2CC=C(Cl)C=C2Cl)c1-c1ccc(Cl)cc1. The van der Waals surface area contributed by atoms with E-state index in [1.807, 2.05) is 61.0 Å². The van der Waals surface area contributed by atoms with Crippen LogP contribution in [0.15, 0.2) is 58.6 Å². The summed E-state index contributed by atoms with van der Waals surface area (Å²) in [6.45, 7) is 3.76. The molecule has 1 aromatic heterocycles. The highest BCUT2D eigenvalue weighted by atomic mass is 35.5. The summed E-state index contributed by atoms with van der Waals surface area (Å²) in [5.41, 5.74) is 2.77. The summed E-state index contributed by atoms with van der Waals surface area (Å²) in [5.74, 6) is 5.62. The Kier molecular flexibility index (Phi) is 8.42. The predicted octanol–water partition coefficient (Wildman–Crippen LogP) is 7.33. The van der Waals surface area contributed by atoms with Gasteiger partial charge in [0, 0.05) is 43.4 Å². The number of fused-ring (bicyclic) bond motifs is 1. The molecule has 3 aliphatic rings. The van der Waals surface area contributed by atoms with Crippen molar-refractivity contribution in [1.29, 1.82) is 0 Å². The summed E-state index contributed by atoms with van der Waals surface area (Å²) in [6.07, 6.45) is 9.91. The van der Waals surface area contributed by atoms with Gasteiger partial charge in [0.2, 0.25) is 0 Å². The zero-order valence-electron chi connectivity index (χ0n) is 22.7. The number of ketones is 1. The van der Waals surface area contributed by atoms with Crippen molar-refractivity contribution in [2.75, 3.05) is 7.05 Å². The molecule has 212 valence electrons. The molecule has 1 fully saturated rings.